The number of aromatic amines is 2. The van der Waals surface area contributed by atoms with Gasteiger partial charge in [-0.2, -0.15) is 0 Å². The molecule has 1 fully saturated rings. The lowest BCUT2D eigenvalue weighted by Crippen LogP contribution is -2.57. The van der Waals surface area contributed by atoms with Gasteiger partial charge in [0.25, 0.3) is 0 Å². The van der Waals surface area contributed by atoms with E-state index < -0.39 is 36.5 Å². The lowest BCUT2D eigenvalue weighted by molar-refractivity contribution is -0.205. The number of aromatic nitrogens is 4. The molecule has 5 atom stereocenters. The molecule has 8 bridgehead atoms. The molecule has 3 aromatic rings. The third-order valence-corrected chi connectivity index (χ3v) is 11.9. The Labute approximate surface area is 314 Å². The molecule has 6 heterocycles. The van der Waals surface area contributed by atoms with Crippen molar-refractivity contribution in [2.45, 2.75) is 97.1 Å². The molecule has 53 heavy (non-hydrogen) atoms. The van der Waals surface area contributed by atoms with Crippen LogP contribution in [-0.2, 0) is 16.0 Å². The molecule has 1 saturated heterocycles. The summed E-state index contributed by atoms with van der Waals surface area (Å²) in [4.78, 5) is 30.7. The minimum atomic E-state index is -1.40. The van der Waals surface area contributed by atoms with Gasteiger partial charge < -0.3 is 40.4 Å². The first-order valence-corrected chi connectivity index (χ1v) is 19.4. The topological polar surface area (TPSA) is 177 Å². The predicted molar refractivity (Wildman–Crippen MR) is 213 cm³/mol. The quantitative estimate of drug-likeness (QED) is 0.122. The lowest BCUT2D eigenvalue weighted by Gasteiger charge is -2.39. The van der Waals surface area contributed by atoms with Gasteiger partial charge in [-0.15, -0.1) is 11.8 Å². The number of nitrogens with zero attached hydrogens (tertiary/aromatic N) is 2. The molecule has 0 aliphatic carbocycles. The molecule has 0 radical (unpaired) electrons. The van der Waals surface area contributed by atoms with Gasteiger partial charge >= 0.3 is 0 Å². The summed E-state index contributed by atoms with van der Waals surface area (Å²) in [7, 11) is 0. The molecule has 6 rings (SSSR count). The molecule has 7 N–H and O–H groups in total. The fourth-order valence-electron chi connectivity index (χ4n) is 7.37. The first-order chi connectivity index (χ1) is 25.4. The highest BCUT2D eigenvalue weighted by Crippen LogP contribution is 2.38. The van der Waals surface area contributed by atoms with E-state index in [2.05, 4.69) is 81.6 Å². The number of amides is 1. The summed E-state index contributed by atoms with van der Waals surface area (Å²) < 4.78 is 5.57. The molecular formula is C41H51N5O6S. The van der Waals surface area contributed by atoms with E-state index in [1.54, 1.807) is 0 Å². The molecule has 3 aromatic heterocycles. The van der Waals surface area contributed by atoms with Crippen LogP contribution in [0.3, 0.4) is 0 Å². The Morgan fingerprint density at radius 3 is 2.34 bits per heavy atom. The zero-order valence-electron chi connectivity index (χ0n) is 31.3. The van der Waals surface area contributed by atoms with E-state index in [0.29, 0.717) is 25.1 Å². The smallest absolute Gasteiger partial charge is 0.220 e. The van der Waals surface area contributed by atoms with E-state index >= 15 is 0 Å². The summed E-state index contributed by atoms with van der Waals surface area (Å²) in [6.45, 7) is 16.7. The molecule has 0 unspecified atom stereocenters. The standard InChI is InChI=1S/C41H51N5O6S/c1-8-25-22(5)31-18-34-26(9-2)21(4)30(44-34)17-32-23(6)27(37(46-32)24(7)29-15-20(3)28(43-29)16-33(25)45-31)11-12-36(48)42-13-10-14-53-41-40(51)39(50)38(49)35(19-47)52-41/h9,15-18,35,38-41,43,45,47,49-51H,2,8,10-14,19H2,1,3-7H3,(H,42,48)/t35-,38-,39+,40-,41+/m1/s1. The second kappa shape index (κ2) is 16.1. The second-order valence-corrected chi connectivity index (χ2v) is 15.3. The number of rotatable bonds is 11. The zero-order valence-corrected chi connectivity index (χ0v) is 32.2. The molecule has 3 aliphatic heterocycles. The summed E-state index contributed by atoms with van der Waals surface area (Å²) in [5, 5.41) is 42.8. The maximum absolute atomic E-state index is 13.1. The summed E-state index contributed by atoms with van der Waals surface area (Å²) >= 11 is 1.27. The maximum Gasteiger partial charge on any atom is 0.220 e. The maximum atomic E-state index is 13.1. The Morgan fingerprint density at radius 2 is 1.62 bits per heavy atom. The molecule has 0 aromatic carbocycles. The van der Waals surface area contributed by atoms with Crippen LogP contribution in [-0.4, -0.2) is 95.0 Å². The van der Waals surface area contributed by atoms with Crippen molar-refractivity contribution in [1.82, 2.24) is 25.3 Å². The Kier molecular flexibility index (Phi) is 11.8. The van der Waals surface area contributed by atoms with E-state index in [4.69, 9.17) is 14.7 Å². The third-order valence-electron chi connectivity index (χ3n) is 10.7. The van der Waals surface area contributed by atoms with Crippen molar-refractivity contribution in [1.29, 1.82) is 0 Å². The summed E-state index contributed by atoms with van der Waals surface area (Å²) in [5.41, 5.74) is 15.3. The lowest BCUT2D eigenvalue weighted by atomic mass is 9.98. The molecule has 1 amide bonds. The van der Waals surface area contributed by atoms with Crippen LogP contribution in [0.2, 0.25) is 0 Å². The highest BCUT2D eigenvalue weighted by Gasteiger charge is 2.43. The van der Waals surface area contributed by atoms with Gasteiger partial charge in [-0.05, 0) is 123 Å². The zero-order chi connectivity index (χ0) is 38.1. The predicted octanol–water partition coefficient (Wildman–Crippen LogP) is 5.67. The SMILES string of the molecule is C=CC1=C(C)c2cc3nc(c(C)c4cc(C)c(cc5[nH]c(cc1n2)c(C)c5CC)[nH]4)C(CCC(=O)NCCCS[C@@H]1O[C@H](CO)[C@@H](O)[C@H](O)[C@H]1O)=C3C. The van der Waals surface area contributed by atoms with Crippen molar-refractivity contribution < 1.29 is 30.0 Å². The highest BCUT2D eigenvalue weighted by atomic mass is 32.2. The summed E-state index contributed by atoms with van der Waals surface area (Å²) in [6.07, 6.45) is -0.882. The first-order valence-electron chi connectivity index (χ1n) is 18.3. The molecule has 12 heteroatoms. The third kappa shape index (κ3) is 7.67. The Morgan fingerprint density at radius 1 is 0.906 bits per heavy atom. The molecular weight excluding hydrogens is 691 g/mol. The van der Waals surface area contributed by atoms with Gasteiger partial charge in [0.05, 0.1) is 29.4 Å². The second-order valence-electron chi connectivity index (χ2n) is 14.1. The Hall–Kier alpha value is -4.04. The largest absolute Gasteiger partial charge is 0.394 e. The number of nitrogens with one attached hydrogen (secondary N) is 3. The van der Waals surface area contributed by atoms with E-state index in [0.717, 1.165) is 84.7 Å². The number of ether oxygens (including phenoxy) is 1. The summed E-state index contributed by atoms with van der Waals surface area (Å²) in [6, 6.07) is 8.49. The van der Waals surface area contributed by atoms with Crippen molar-refractivity contribution in [3.8, 4) is 0 Å². The number of carbonyl (C=O) groups excluding carboxylic acids is 1. The van der Waals surface area contributed by atoms with Gasteiger partial charge in [-0.1, -0.05) is 19.6 Å². The van der Waals surface area contributed by atoms with Crippen LogP contribution in [0.1, 0.15) is 85.1 Å². The highest BCUT2D eigenvalue weighted by molar-refractivity contribution is 7.99. The number of allylic oxidation sites excluding steroid dienone is 5. The minimum Gasteiger partial charge on any atom is -0.394 e. The summed E-state index contributed by atoms with van der Waals surface area (Å²) in [5.74, 6) is 0.452. The molecule has 0 saturated carbocycles. The van der Waals surface area contributed by atoms with Crippen LogP contribution in [0.15, 0.2) is 36.9 Å². The first kappa shape index (κ1) is 38.7. The van der Waals surface area contributed by atoms with Crippen LogP contribution in [0.4, 0.5) is 0 Å². The molecule has 11 nitrogen and oxygen atoms in total. The number of hydrogen-bond acceptors (Lipinski definition) is 9. The Balaban J connectivity index is 1.27. The number of thioether (sulfide) groups is 1. The van der Waals surface area contributed by atoms with Crippen LogP contribution in [0.5, 0.6) is 0 Å². The van der Waals surface area contributed by atoms with Crippen molar-refractivity contribution in [3.05, 3.63) is 81.9 Å². The van der Waals surface area contributed by atoms with Crippen molar-refractivity contribution >= 4 is 62.0 Å². The van der Waals surface area contributed by atoms with Gasteiger partial charge in [0.2, 0.25) is 5.91 Å². The number of fused-ring (bicyclic) bond motifs is 8. The number of aliphatic hydroxyl groups is 4. The number of aliphatic hydroxyl groups excluding tert-OH is 4. The van der Waals surface area contributed by atoms with Gasteiger partial charge in [-0.3, -0.25) is 4.79 Å². The van der Waals surface area contributed by atoms with Crippen molar-refractivity contribution in [3.63, 3.8) is 0 Å². The molecule has 0 spiro atoms. The van der Waals surface area contributed by atoms with E-state index in [1.807, 2.05) is 12.1 Å². The van der Waals surface area contributed by atoms with Gasteiger partial charge in [0, 0.05) is 40.6 Å². The van der Waals surface area contributed by atoms with Crippen LogP contribution in [0, 0.1) is 20.8 Å². The fourth-order valence-corrected chi connectivity index (χ4v) is 8.49. The fraction of sp³-hybridized carbons (Fsp3) is 0.439. The Bertz CT molecular complexity index is 2150. The van der Waals surface area contributed by atoms with Gasteiger partial charge in [-0.25, -0.2) is 9.97 Å². The average Bonchev–Trinajstić information content (AvgIpc) is 3.84. The van der Waals surface area contributed by atoms with Crippen LogP contribution >= 0.6 is 11.8 Å². The number of aryl methyl sites for hydroxylation is 4. The van der Waals surface area contributed by atoms with Crippen LogP contribution < -0.4 is 5.32 Å². The monoisotopic (exact) mass is 741 g/mol. The van der Waals surface area contributed by atoms with E-state index in [9.17, 15) is 25.2 Å². The van der Waals surface area contributed by atoms with Crippen molar-refractivity contribution in [2.24, 2.45) is 0 Å². The normalized spacial score (nSPS) is 21.7. The molecule has 3 aliphatic rings. The van der Waals surface area contributed by atoms with Crippen LogP contribution in [0.25, 0.3) is 44.4 Å². The molecule has 282 valence electrons. The van der Waals surface area contributed by atoms with Gasteiger partial charge in [0.15, 0.2) is 0 Å². The van der Waals surface area contributed by atoms with E-state index in [1.165, 1.54) is 22.9 Å². The number of hydrogen-bond donors (Lipinski definition) is 7. The van der Waals surface area contributed by atoms with E-state index in [-0.39, 0.29) is 12.3 Å². The minimum absolute atomic E-state index is 0.0833. The number of carbonyl (C=O) groups is 1. The van der Waals surface area contributed by atoms with Gasteiger partial charge in [0.1, 0.15) is 29.9 Å². The van der Waals surface area contributed by atoms with Crippen molar-refractivity contribution in [2.75, 3.05) is 18.9 Å². The number of H-pyrrole nitrogens is 2. The average molecular weight is 742 g/mol.